The molecule has 3 atom stereocenters. The first kappa shape index (κ1) is 13.5. The Labute approximate surface area is 106 Å². The van der Waals surface area contributed by atoms with Gasteiger partial charge in [0.2, 0.25) is 0 Å². The summed E-state index contributed by atoms with van der Waals surface area (Å²) in [4.78, 5) is 20.3. The summed E-state index contributed by atoms with van der Waals surface area (Å²) < 4.78 is 0.764. The van der Waals surface area contributed by atoms with Gasteiger partial charge < -0.3 is 26.5 Å². The molecular formula is C8H14N6O5. The van der Waals surface area contributed by atoms with E-state index in [4.69, 9.17) is 21.5 Å². The van der Waals surface area contributed by atoms with Crippen molar-refractivity contribution in [3.63, 3.8) is 0 Å². The number of aromatic nitrogens is 2. The summed E-state index contributed by atoms with van der Waals surface area (Å²) in [5.74, 6) is 5.07. The number of nitrogen functional groups attached to an aromatic ring is 2. The van der Waals surface area contributed by atoms with Gasteiger partial charge in [0.1, 0.15) is 12.2 Å². The van der Waals surface area contributed by atoms with Gasteiger partial charge in [-0.1, -0.05) is 0 Å². The molecule has 2 heterocycles. The molecule has 106 valence electrons. The van der Waals surface area contributed by atoms with Crippen molar-refractivity contribution in [1.82, 2.24) is 9.66 Å². The minimum absolute atomic E-state index is 0.0276. The maximum atomic E-state index is 11.7. The molecule has 0 bridgehead atoms. The average molecular weight is 274 g/mol. The molecule has 1 aromatic rings. The Morgan fingerprint density at radius 3 is 2.74 bits per heavy atom. The molecule has 0 aliphatic carbocycles. The molecule has 1 fully saturated rings. The quantitative estimate of drug-likeness (QED) is 0.236. The molecule has 0 saturated carbocycles. The van der Waals surface area contributed by atoms with Crippen LogP contribution in [0.2, 0.25) is 0 Å². The fourth-order valence-corrected chi connectivity index (χ4v) is 1.62. The van der Waals surface area contributed by atoms with Crippen molar-refractivity contribution < 1.29 is 20.2 Å². The fraction of sp³-hybridized carbons (Fsp3) is 0.500. The van der Waals surface area contributed by atoms with Crippen LogP contribution in [0.3, 0.4) is 0 Å². The molecule has 0 aromatic carbocycles. The molecule has 0 unspecified atom stereocenters. The number of hydrazine groups is 1. The highest BCUT2D eigenvalue weighted by Gasteiger charge is 2.42. The Hall–Kier alpha value is -1.92. The highest BCUT2D eigenvalue weighted by molar-refractivity contribution is 5.58. The fourth-order valence-electron chi connectivity index (χ4n) is 1.62. The van der Waals surface area contributed by atoms with E-state index in [1.54, 1.807) is 0 Å². The van der Waals surface area contributed by atoms with Crippen molar-refractivity contribution in [3.05, 3.63) is 16.7 Å². The molecule has 1 aromatic heterocycles. The van der Waals surface area contributed by atoms with Crippen LogP contribution in [0.5, 0.6) is 0 Å². The van der Waals surface area contributed by atoms with E-state index in [0.717, 1.165) is 10.9 Å². The second kappa shape index (κ2) is 4.99. The lowest BCUT2D eigenvalue weighted by atomic mass is 10.2. The third-order valence-corrected chi connectivity index (χ3v) is 2.62. The Morgan fingerprint density at radius 1 is 1.53 bits per heavy atom. The molecule has 8 N–H and O–H groups in total. The highest BCUT2D eigenvalue weighted by atomic mass is 16.8. The van der Waals surface area contributed by atoms with Gasteiger partial charge in [-0.3, -0.25) is 0 Å². The molecule has 19 heavy (non-hydrogen) atoms. The summed E-state index contributed by atoms with van der Waals surface area (Å²) in [6.45, 7) is -0.533. The molecule has 1 aliphatic rings. The van der Waals surface area contributed by atoms with Gasteiger partial charge in [-0.25, -0.2) is 15.5 Å². The standard InChI is InChI=1S/C8H14N6O5/c9-3-1-13(8(18)11-6(3)12-10)14-7(17)5(16)4(2-15)19-14/h1,4-5,7,15-17H,2,9-10H2,(H,11,12,18)/t4-,5-,7-/m1/s1. The van der Waals surface area contributed by atoms with Crippen molar-refractivity contribution in [2.24, 2.45) is 5.84 Å². The molecule has 0 spiro atoms. The molecule has 11 nitrogen and oxygen atoms in total. The smallest absolute Gasteiger partial charge is 0.370 e. The van der Waals surface area contributed by atoms with Crippen molar-refractivity contribution in [1.29, 1.82) is 0 Å². The summed E-state index contributed by atoms with van der Waals surface area (Å²) in [5.41, 5.74) is 6.90. The predicted molar refractivity (Wildman–Crippen MR) is 62.9 cm³/mol. The van der Waals surface area contributed by atoms with Gasteiger partial charge in [-0.05, 0) is 0 Å². The maximum Gasteiger partial charge on any atom is 0.370 e. The Morgan fingerprint density at radius 2 is 2.21 bits per heavy atom. The Bertz CT molecular complexity index is 521. The lowest BCUT2D eigenvalue weighted by Gasteiger charge is -2.22. The van der Waals surface area contributed by atoms with Crippen molar-refractivity contribution >= 4 is 11.5 Å². The van der Waals surface area contributed by atoms with Gasteiger partial charge >= 0.3 is 5.69 Å². The van der Waals surface area contributed by atoms with Gasteiger partial charge in [0.25, 0.3) is 0 Å². The minimum Gasteiger partial charge on any atom is -0.394 e. The van der Waals surface area contributed by atoms with Gasteiger partial charge in [-0.2, -0.15) is 14.8 Å². The van der Waals surface area contributed by atoms with Crippen molar-refractivity contribution in [2.75, 3.05) is 22.9 Å². The molecular weight excluding hydrogens is 260 g/mol. The molecule has 1 saturated heterocycles. The van der Waals surface area contributed by atoms with Crippen molar-refractivity contribution in [3.8, 4) is 0 Å². The molecule has 0 radical (unpaired) electrons. The second-order valence-electron chi connectivity index (χ2n) is 3.85. The van der Waals surface area contributed by atoms with Gasteiger partial charge in [0.05, 0.1) is 18.5 Å². The van der Waals surface area contributed by atoms with E-state index in [1.807, 2.05) is 0 Å². The zero-order valence-corrected chi connectivity index (χ0v) is 9.67. The van der Waals surface area contributed by atoms with Crippen LogP contribution in [0.4, 0.5) is 11.5 Å². The van der Waals surface area contributed by atoms with E-state index in [-0.39, 0.29) is 11.5 Å². The number of hydrogen-bond donors (Lipinski definition) is 6. The number of nitrogens with two attached hydrogens (primary N) is 2. The number of hydrogen-bond acceptors (Lipinski definition) is 10. The lowest BCUT2D eigenvalue weighted by molar-refractivity contribution is -0.0234. The third-order valence-electron chi connectivity index (χ3n) is 2.62. The number of aliphatic hydroxyl groups is 3. The first-order chi connectivity index (χ1) is 8.99. The van der Waals surface area contributed by atoms with Gasteiger partial charge in [0.15, 0.2) is 12.0 Å². The zero-order valence-electron chi connectivity index (χ0n) is 9.67. The number of nitrogens with zero attached hydrogens (tertiary/aromatic N) is 3. The highest BCUT2D eigenvalue weighted by Crippen LogP contribution is 2.19. The summed E-state index contributed by atoms with van der Waals surface area (Å²) in [6.07, 6.45) is -2.88. The minimum atomic E-state index is -1.55. The van der Waals surface area contributed by atoms with Crippen LogP contribution in [-0.2, 0) is 4.84 Å². The van der Waals surface area contributed by atoms with E-state index in [1.165, 1.54) is 0 Å². The first-order valence-electron chi connectivity index (χ1n) is 5.28. The number of hydroxylamine groups is 1. The largest absolute Gasteiger partial charge is 0.394 e. The zero-order chi connectivity index (χ0) is 14.2. The first-order valence-corrected chi connectivity index (χ1v) is 5.28. The maximum absolute atomic E-state index is 11.7. The van der Waals surface area contributed by atoms with E-state index in [2.05, 4.69) is 10.4 Å². The normalized spacial score (nSPS) is 26.7. The van der Waals surface area contributed by atoms with E-state index in [9.17, 15) is 15.0 Å². The Balaban J connectivity index is 2.38. The van der Waals surface area contributed by atoms with Crippen LogP contribution in [0, 0.1) is 0 Å². The number of nitrogens with one attached hydrogen (secondary N) is 1. The van der Waals surface area contributed by atoms with Crippen LogP contribution < -0.4 is 27.9 Å². The van der Waals surface area contributed by atoms with Gasteiger partial charge in [-0.15, -0.1) is 0 Å². The van der Waals surface area contributed by atoms with Crippen LogP contribution in [0.1, 0.15) is 0 Å². The summed E-state index contributed by atoms with van der Waals surface area (Å²) in [5, 5.41) is 28.9. The number of aliphatic hydroxyl groups excluding tert-OH is 3. The van der Waals surface area contributed by atoms with Crippen LogP contribution >= 0.6 is 0 Å². The third kappa shape index (κ3) is 2.20. The topological polar surface area (TPSA) is 172 Å². The summed E-state index contributed by atoms with van der Waals surface area (Å²) >= 11 is 0. The van der Waals surface area contributed by atoms with Crippen LogP contribution in [0.25, 0.3) is 0 Å². The summed E-state index contributed by atoms with van der Waals surface area (Å²) in [7, 11) is 0. The van der Waals surface area contributed by atoms with Crippen LogP contribution in [-0.4, -0.2) is 50.0 Å². The summed E-state index contributed by atoms with van der Waals surface area (Å²) in [6, 6.07) is 0. The van der Waals surface area contributed by atoms with Crippen LogP contribution in [0.15, 0.2) is 11.0 Å². The average Bonchev–Trinajstić information content (AvgIpc) is 2.68. The predicted octanol–water partition coefficient (Wildman–Crippen LogP) is -3.97. The van der Waals surface area contributed by atoms with Gasteiger partial charge in [0, 0.05) is 0 Å². The number of rotatable bonds is 3. The monoisotopic (exact) mass is 274 g/mol. The van der Waals surface area contributed by atoms with E-state index in [0.29, 0.717) is 5.17 Å². The molecule has 0 amide bonds. The van der Waals surface area contributed by atoms with Crippen molar-refractivity contribution in [2.45, 2.75) is 18.4 Å². The number of anilines is 2. The van der Waals surface area contributed by atoms with E-state index < -0.39 is 30.7 Å². The SMILES string of the molecule is NNc1nc(=O)n(N2O[C@H](CO)[C@@H](O)[C@H]2O)cc1N. The Kier molecular flexibility index (Phi) is 3.55. The molecule has 2 rings (SSSR count). The molecule has 11 heteroatoms. The van der Waals surface area contributed by atoms with E-state index >= 15 is 0 Å². The molecule has 1 aliphatic heterocycles. The lowest BCUT2D eigenvalue weighted by Crippen LogP contribution is -2.47. The second-order valence-corrected chi connectivity index (χ2v) is 3.85.